The average molecular weight is 462 g/mol. The molecule has 32 heavy (non-hydrogen) atoms. The molecule has 8 nitrogen and oxygen atoms in total. The minimum absolute atomic E-state index is 0.254. The number of methoxy groups -OCH3 is 1. The van der Waals surface area contributed by atoms with Crippen molar-refractivity contribution in [2.75, 3.05) is 18.6 Å². The van der Waals surface area contributed by atoms with Crippen LogP contribution in [0.5, 0.6) is 5.75 Å². The molecule has 1 aliphatic heterocycles. The summed E-state index contributed by atoms with van der Waals surface area (Å²) in [4.78, 5) is 4.24. The van der Waals surface area contributed by atoms with E-state index in [0.29, 0.717) is 0 Å². The Kier molecular flexibility index (Phi) is 4.76. The third-order valence-corrected chi connectivity index (χ3v) is 7.80. The largest absolute Gasteiger partial charge is 0.497 e. The molecule has 1 unspecified atom stereocenters. The molecule has 6 rings (SSSR count). The van der Waals surface area contributed by atoms with Crippen molar-refractivity contribution in [1.82, 2.24) is 34.3 Å². The van der Waals surface area contributed by atoms with Gasteiger partial charge in [0.2, 0.25) is 0 Å². The van der Waals surface area contributed by atoms with Crippen molar-refractivity contribution in [2.24, 2.45) is 0 Å². The lowest BCUT2D eigenvalue weighted by Gasteiger charge is -2.14. The van der Waals surface area contributed by atoms with Crippen LogP contribution >= 0.6 is 23.5 Å². The fourth-order valence-electron chi connectivity index (χ4n) is 4.06. The van der Waals surface area contributed by atoms with Crippen LogP contribution in [0.25, 0.3) is 27.9 Å². The van der Waals surface area contributed by atoms with Gasteiger partial charge >= 0.3 is 0 Å². The summed E-state index contributed by atoms with van der Waals surface area (Å²) in [6, 6.07) is 12.4. The van der Waals surface area contributed by atoms with Crippen molar-refractivity contribution in [3.8, 4) is 17.1 Å². The second-order valence-corrected chi connectivity index (χ2v) is 9.55. The molecular weight excluding hydrogens is 442 g/mol. The topological polar surface area (TPSA) is 83.0 Å². The molecule has 5 heterocycles. The Bertz CT molecular complexity index is 1450. The van der Waals surface area contributed by atoms with Gasteiger partial charge in [-0.15, -0.1) is 20.4 Å². The number of aryl methyl sites for hydroxylation is 1. The highest BCUT2D eigenvalue weighted by Crippen LogP contribution is 2.39. The summed E-state index contributed by atoms with van der Waals surface area (Å²) in [6.07, 6.45) is 3.60. The maximum Gasteiger partial charge on any atom is 0.196 e. The third-order valence-electron chi connectivity index (χ3n) is 5.63. The molecule has 1 aromatic carbocycles. The van der Waals surface area contributed by atoms with Gasteiger partial charge in [0.1, 0.15) is 5.75 Å². The minimum atomic E-state index is 0.254. The number of fused-ring (bicyclic) bond motifs is 4. The Labute approximate surface area is 192 Å². The van der Waals surface area contributed by atoms with Crippen molar-refractivity contribution >= 4 is 40.1 Å². The predicted octanol–water partition coefficient (Wildman–Crippen LogP) is 4.29. The zero-order valence-electron chi connectivity index (χ0n) is 17.5. The second kappa shape index (κ2) is 7.79. The Balaban J connectivity index is 1.36. The monoisotopic (exact) mass is 461 g/mol. The Morgan fingerprint density at radius 3 is 2.94 bits per heavy atom. The molecule has 0 radical (unpaired) electrons. The van der Waals surface area contributed by atoms with Gasteiger partial charge in [-0.25, -0.2) is 0 Å². The molecule has 5 aromatic rings. The van der Waals surface area contributed by atoms with Crippen molar-refractivity contribution in [3.05, 3.63) is 54.4 Å². The van der Waals surface area contributed by atoms with Crippen molar-refractivity contribution in [2.45, 2.75) is 23.3 Å². The molecule has 0 bridgehead atoms. The molecule has 4 aromatic heterocycles. The van der Waals surface area contributed by atoms with Crippen LogP contribution in [0.1, 0.15) is 11.6 Å². The van der Waals surface area contributed by atoms with E-state index in [1.54, 1.807) is 36.8 Å². The number of benzene rings is 1. The highest BCUT2D eigenvalue weighted by Gasteiger charge is 2.29. The first kappa shape index (κ1) is 19.6. The van der Waals surface area contributed by atoms with Crippen LogP contribution < -0.4 is 4.74 Å². The van der Waals surface area contributed by atoms with Gasteiger partial charge in [-0.05, 0) is 42.8 Å². The molecule has 1 atom stereocenters. The summed E-state index contributed by atoms with van der Waals surface area (Å²) < 4.78 is 9.81. The number of pyridine rings is 2. The van der Waals surface area contributed by atoms with E-state index in [9.17, 15) is 0 Å². The van der Waals surface area contributed by atoms with Gasteiger partial charge in [0.25, 0.3) is 0 Å². The van der Waals surface area contributed by atoms with E-state index in [1.165, 1.54) is 5.56 Å². The van der Waals surface area contributed by atoms with E-state index in [-0.39, 0.29) is 6.04 Å². The first-order valence-corrected chi connectivity index (χ1v) is 12.1. The first-order valence-electron chi connectivity index (χ1n) is 10.2. The fourth-order valence-corrected chi connectivity index (χ4v) is 6.32. The van der Waals surface area contributed by atoms with Crippen LogP contribution in [-0.2, 0) is 0 Å². The lowest BCUT2D eigenvalue weighted by Crippen LogP contribution is -2.11. The number of aromatic nitrogens is 7. The number of ether oxygens (including phenoxy) is 1. The van der Waals surface area contributed by atoms with Crippen LogP contribution in [0.2, 0.25) is 0 Å². The van der Waals surface area contributed by atoms with E-state index in [2.05, 4.69) is 53.4 Å². The highest BCUT2D eigenvalue weighted by molar-refractivity contribution is 8.00. The van der Waals surface area contributed by atoms with Crippen molar-refractivity contribution < 1.29 is 4.74 Å². The van der Waals surface area contributed by atoms with E-state index >= 15 is 0 Å². The molecule has 1 aliphatic rings. The summed E-state index contributed by atoms with van der Waals surface area (Å²) >= 11 is 3.44. The molecular formula is C22H19N7OS2. The lowest BCUT2D eigenvalue weighted by atomic mass is 10.1. The van der Waals surface area contributed by atoms with Gasteiger partial charge in [0.05, 0.1) is 18.7 Å². The molecule has 0 N–H and O–H groups in total. The number of hydrogen-bond donors (Lipinski definition) is 0. The highest BCUT2D eigenvalue weighted by atomic mass is 32.2. The molecule has 10 heteroatoms. The standard InChI is InChI=1S/C22H19N7OS2/c1-13-8-19-24-26-22(29(19)18-9-16(30-2)5-6-17(13)18)32-12-15-11-31-21-27-25-20(28(15)21)14-4-3-7-23-10-14/h3-10,15H,11-12H2,1-2H3. The Hall–Kier alpha value is -3.11. The number of thioether (sulfide) groups is 2. The molecule has 0 saturated carbocycles. The van der Waals surface area contributed by atoms with Gasteiger partial charge in [-0.2, -0.15) is 0 Å². The maximum atomic E-state index is 5.47. The normalized spacial score (nSPS) is 15.5. The fraction of sp³-hybridized carbons (Fsp3) is 0.227. The molecule has 0 amide bonds. The van der Waals surface area contributed by atoms with Gasteiger partial charge in [-0.3, -0.25) is 14.0 Å². The number of rotatable bonds is 5. The molecule has 160 valence electrons. The Morgan fingerprint density at radius 2 is 2.09 bits per heavy atom. The maximum absolute atomic E-state index is 5.47. The summed E-state index contributed by atoms with van der Waals surface area (Å²) in [5.74, 6) is 3.47. The van der Waals surface area contributed by atoms with Gasteiger partial charge in [0.15, 0.2) is 21.8 Å². The second-order valence-electron chi connectivity index (χ2n) is 7.58. The molecule has 0 fully saturated rings. The molecule has 0 spiro atoms. The Morgan fingerprint density at radius 1 is 1.16 bits per heavy atom. The van der Waals surface area contributed by atoms with E-state index < -0.39 is 0 Å². The van der Waals surface area contributed by atoms with Crippen LogP contribution in [0.4, 0.5) is 0 Å². The van der Waals surface area contributed by atoms with Crippen LogP contribution in [0.3, 0.4) is 0 Å². The third kappa shape index (κ3) is 3.13. The van der Waals surface area contributed by atoms with Crippen molar-refractivity contribution in [1.29, 1.82) is 0 Å². The van der Waals surface area contributed by atoms with E-state index in [0.717, 1.165) is 55.5 Å². The molecule has 0 aliphatic carbocycles. The summed E-state index contributed by atoms with van der Waals surface area (Å²) in [5, 5.41) is 20.7. The van der Waals surface area contributed by atoms with Crippen molar-refractivity contribution in [3.63, 3.8) is 0 Å². The smallest absolute Gasteiger partial charge is 0.196 e. The number of hydrogen-bond acceptors (Lipinski definition) is 8. The van der Waals surface area contributed by atoms with E-state index in [4.69, 9.17) is 4.74 Å². The zero-order chi connectivity index (χ0) is 21.7. The predicted molar refractivity (Wildman–Crippen MR) is 126 cm³/mol. The SMILES string of the molecule is COc1ccc2c(C)cc3nnc(SCC4CSc5nnc(-c6cccnc6)n54)n3c2c1. The lowest BCUT2D eigenvalue weighted by molar-refractivity contribution is 0.415. The molecule has 0 saturated heterocycles. The van der Waals surface area contributed by atoms with Crippen LogP contribution in [0, 0.1) is 6.92 Å². The van der Waals surface area contributed by atoms with Crippen LogP contribution in [0.15, 0.2) is 59.1 Å². The van der Waals surface area contributed by atoms with Crippen LogP contribution in [-0.4, -0.2) is 53.0 Å². The summed E-state index contributed by atoms with van der Waals surface area (Å²) in [7, 11) is 1.68. The van der Waals surface area contributed by atoms with Gasteiger partial charge in [0, 0.05) is 40.9 Å². The summed E-state index contributed by atoms with van der Waals surface area (Å²) in [5.41, 5.74) is 4.04. The number of nitrogens with zero attached hydrogens (tertiary/aromatic N) is 7. The summed E-state index contributed by atoms with van der Waals surface area (Å²) in [6.45, 7) is 2.10. The van der Waals surface area contributed by atoms with Gasteiger partial charge in [-0.1, -0.05) is 23.5 Å². The zero-order valence-corrected chi connectivity index (χ0v) is 19.1. The van der Waals surface area contributed by atoms with E-state index in [1.807, 2.05) is 30.5 Å². The van der Waals surface area contributed by atoms with Gasteiger partial charge < -0.3 is 4.74 Å². The minimum Gasteiger partial charge on any atom is -0.497 e. The first-order chi connectivity index (χ1) is 15.7. The average Bonchev–Trinajstić information content (AvgIpc) is 3.53. The quantitative estimate of drug-likeness (QED) is 0.359.